The molecule has 176 valence electrons. The van der Waals surface area contributed by atoms with E-state index in [-0.39, 0.29) is 18.2 Å². The third kappa shape index (κ3) is 4.06. The number of methoxy groups -OCH3 is 1. The van der Waals surface area contributed by atoms with E-state index in [1.54, 1.807) is 31.2 Å². The molecule has 3 aromatic rings. The van der Waals surface area contributed by atoms with Gasteiger partial charge >= 0.3 is 5.97 Å². The first-order valence-corrected chi connectivity index (χ1v) is 11.8. The highest BCUT2D eigenvalue weighted by atomic mass is 79.9. The maximum Gasteiger partial charge on any atom is 0.336 e. The Kier molecular flexibility index (Phi) is 6.03. The molecule has 35 heavy (non-hydrogen) atoms. The Hall–Kier alpha value is -3.71. The lowest BCUT2D eigenvalue weighted by Crippen LogP contribution is -2.29. The Morgan fingerprint density at radius 2 is 1.77 bits per heavy atom. The average molecular weight is 534 g/mol. The summed E-state index contributed by atoms with van der Waals surface area (Å²) in [6.07, 6.45) is 0. The standard InChI is InChI=1S/C28H21BrFNO4/c1-15-23(28(33)34-2)24(25-26(31-15)19-5-3-4-6-20(19)27(25)32)21-13-17(29)9-12-22(21)35-14-16-7-10-18(30)11-8-16/h3-13,24,31H,14H2,1-2H3. The predicted octanol–water partition coefficient (Wildman–Crippen LogP) is 5.91. The molecule has 1 aliphatic heterocycles. The number of carbonyl (C=O) groups excluding carboxylic acids is 2. The highest BCUT2D eigenvalue weighted by Crippen LogP contribution is 2.49. The molecule has 1 aliphatic carbocycles. The van der Waals surface area contributed by atoms with E-state index in [4.69, 9.17) is 9.47 Å². The Bertz CT molecular complexity index is 1430. The van der Waals surface area contributed by atoms with Gasteiger partial charge in [-0.15, -0.1) is 0 Å². The van der Waals surface area contributed by atoms with Crippen LogP contribution in [0.4, 0.5) is 4.39 Å². The van der Waals surface area contributed by atoms with Crippen molar-refractivity contribution in [2.24, 2.45) is 0 Å². The van der Waals surface area contributed by atoms with Gasteiger partial charge in [0, 0.05) is 32.4 Å². The fourth-order valence-corrected chi connectivity index (χ4v) is 5.02. The first-order valence-electron chi connectivity index (χ1n) is 11.0. The largest absolute Gasteiger partial charge is 0.489 e. The number of carbonyl (C=O) groups is 2. The second kappa shape index (κ2) is 9.15. The van der Waals surface area contributed by atoms with Crippen LogP contribution < -0.4 is 10.1 Å². The van der Waals surface area contributed by atoms with Crippen LogP contribution in [0.5, 0.6) is 5.75 Å². The van der Waals surface area contributed by atoms with Crippen molar-refractivity contribution in [2.75, 3.05) is 7.11 Å². The number of rotatable bonds is 5. The van der Waals surface area contributed by atoms with Crippen molar-refractivity contribution in [2.45, 2.75) is 19.4 Å². The minimum absolute atomic E-state index is 0.147. The molecule has 5 nitrogen and oxygen atoms in total. The van der Waals surface area contributed by atoms with Crippen LogP contribution in [0.1, 0.15) is 39.9 Å². The molecule has 1 atom stereocenters. The molecule has 2 aliphatic rings. The second-order valence-corrected chi connectivity index (χ2v) is 9.26. The van der Waals surface area contributed by atoms with Gasteiger partial charge in [0.2, 0.25) is 0 Å². The SMILES string of the molecule is COC(=O)C1=C(C)NC2=C(C(=O)c3ccccc32)C1c1cc(Br)ccc1OCc1ccc(F)cc1. The summed E-state index contributed by atoms with van der Waals surface area (Å²) in [5.41, 5.74) is 4.92. The zero-order valence-electron chi connectivity index (χ0n) is 19.0. The van der Waals surface area contributed by atoms with Crippen molar-refractivity contribution in [3.8, 4) is 5.75 Å². The molecule has 3 aromatic carbocycles. The van der Waals surface area contributed by atoms with Crippen LogP contribution in [-0.4, -0.2) is 18.9 Å². The molecule has 0 spiro atoms. The summed E-state index contributed by atoms with van der Waals surface area (Å²) >= 11 is 3.53. The second-order valence-electron chi connectivity index (χ2n) is 8.35. The van der Waals surface area contributed by atoms with Crippen LogP contribution >= 0.6 is 15.9 Å². The van der Waals surface area contributed by atoms with Crippen LogP contribution in [0, 0.1) is 5.82 Å². The van der Waals surface area contributed by atoms with Gasteiger partial charge in [-0.25, -0.2) is 9.18 Å². The zero-order valence-corrected chi connectivity index (χ0v) is 20.6. The molecule has 7 heteroatoms. The van der Waals surface area contributed by atoms with Crippen molar-refractivity contribution in [3.63, 3.8) is 0 Å². The van der Waals surface area contributed by atoms with Crippen LogP contribution in [0.2, 0.25) is 0 Å². The first kappa shape index (κ1) is 23.1. The minimum Gasteiger partial charge on any atom is -0.489 e. The van der Waals surface area contributed by atoms with Crippen molar-refractivity contribution < 1.29 is 23.5 Å². The number of halogens is 2. The molecule has 0 radical (unpaired) electrons. The van der Waals surface area contributed by atoms with E-state index in [2.05, 4.69) is 21.2 Å². The van der Waals surface area contributed by atoms with Gasteiger partial charge in [0.1, 0.15) is 18.2 Å². The van der Waals surface area contributed by atoms with Crippen LogP contribution in [0.3, 0.4) is 0 Å². The quantitative estimate of drug-likeness (QED) is 0.413. The van der Waals surface area contributed by atoms with Gasteiger partial charge < -0.3 is 14.8 Å². The number of dihydropyridines is 1. The lowest BCUT2D eigenvalue weighted by Gasteiger charge is -2.30. The van der Waals surface area contributed by atoms with Crippen LogP contribution in [0.25, 0.3) is 5.70 Å². The van der Waals surface area contributed by atoms with Gasteiger partial charge in [0.05, 0.1) is 24.3 Å². The number of ether oxygens (including phenoxy) is 2. The van der Waals surface area contributed by atoms with Crippen LogP contribution in [0.15, 0.2) is 88.0 Å². The number of nitrogens with one attached hydrogen (secondary N) is 1. The topological polar surface area (TPSA) is 64.6 Å². The van der Waals surface area contributed by atoms with Crippen molar-refractivity contribution in [1.82, 2.24) is 5.32 Å². The summed E-state index contributed by atoms with van der Waals surface area (Å²) in [7, 11) is 1.32. The lowest BCUT2D eigenvalue weighted by molar-refractivity contribution is -0.136. The maximum absolute atomic E-state index is 13.6. The third-order valence-corrected chi connectivity index (χ3v) is 6.74. The molecule has 1 heterocycles. The van der Waals surface area contributed by atoms with E-state index >= 15 is 0 Å². The summed E-state index contributed by atoms with van der Waals surface area (Å²) < 4.78 is 25.4. The van der Waals surface area contributed by atoms with Gasteiger partial charge in [-0.2, -0.15) is 0 Å². The molecule has 1 unspecified atom stereocenters. The lowest BCUT2D eigenvalue weighted by atomic mass is 9.79. The highest BCUT2D eigenvalue weighted by Gasteiger charge is 2.43. The molecule has 0 aromatic heterocycles. The Morgan fingerprint density at radius 3 is 2.49 bits per heavy atom. The molecule has 1 N–H and O–H groups in total. The normalized spacial score (nSPS) is 16.6. The molecule has 0 fully saturated rings. The smallest absolute Gasteiger partial charge is 0.336 e. The van der Waals surface area contributed by atoms with Gasteiger partial charge in [-0.3, -0.25) is 4.79 Å². The van der Waals surface area contributed by atoms with E-state index in [1.165, 1.54) is 19.2 Å². The van der Waals surface area contributed by atoms with Gasteiger partial charge in [-0.05, 0) is 42.8 Å². The summed E-state index contributed by atoms with van der Waals surface area (Å²) in [5.74, 6) is -1.20. The highest BCUT2D eigenvalue weighted by molar-refractivity contribution is 9.10. The number of hydrogen-bond acceptors (Lipinski definition) is 5. The molecule has 0 bridgehead atoms. The third-order valence-electron chi connectivity index (χ3n) is 6.24. The number of fused-ring (bicyclic) bond motifs is 2. The monoisotopic (exact) mass is 533 g/mol. The molecule has 5 rings (SSSR count). The number of benzene rings is 3. The molecular weight excluding hydrogens is 513 g/mol. The number of esters is 1. The fourth-order valence-electron chi connectivity index (χ4n) is 4.64. The Morgan fingerprint density at radius 1 is 1.06 bits per heavy atom. The average Bonchev–Trinajstić information content (AvgIpc) is 3.14. The Labute approximate surface area is 210 Å². The van der Waals surface area contributed by atoms with Crippen LogP contribution in [-0.2, 0) is 16.1 Å². The van der Waals surface area contributed by atoms with Gasteiger partial charge in [0.25, 0.3) is 0 Å². The van der Waals surface area contributed by atoms with Crippen molar-refractivity contribution in [3.05, 3.63) is 116 Å². The number of Topliss-reactive ketones (excluding diaryl/α,β-unsaturated/α-hetero) is 1. The number of hydrogen-bond donors (Lipinski definition) is 1. The summed E-state index contributed by atoms with van der Waals surface area (Å²) in [6.45, 7) is 1.99. The zero-order chi connectivity index (χ0) is 24.7. The Balaban J connectivity index is 1.64. The maximum atomic E-state index is 13.6. The summed E-state index contributed by atoms with van der Waals surface area (Å²) in [6, 6.07) is 18.9. The van der Waals surface area contributed by atoms with Gasteiger partial charge in [-0.1, -0.05) is 52.3 Å². The van der Waals surface area contributed by atoms with E-state index in [0.717, 1.165) is 15.6 Å². The summed E-state index contributed by atoms with van der Waals surface area (Å²) in [4.78, 5) is 26.6. The minimum atomic E-state index is -0.709. The summed E-state index contributed by atoms with van der Waals surface area (Å²) in [5, 5.41) is 3.28. The number of ketones is 1. The van der Waals surface area contributed by atoms with Gasteiger partial charge in [0.15, 0.2) is 5.78 Å². The van der Waals surface area contributed by atoms with E-state index in [1.807, 2.05) is 30.3 Å². The predicted molar refractivity (Wildman–Crippen MR) is 133 cm³/mol. The van der Waals surface area contributed by atoms with E-state index in [0.29, 0.717) is 39.4 Å². The van der Waals surface area contributed by atoms with E-state index in [9.17, 15) is 14.0 Å². The molecule has 0 saturated heterocycles. The molecular formula is C28H21BrFNO4. The fraction of sp³-hybridized carbons (Fsp3) is 0.143. The van der Waals surface area contributed by atoms with Crippen molar-refractivity contribution >= 4 is 33.4 Å². The van der Waals surface area contributed by atoms with Crippen molar-refractivity contribution in [1.29, 1.82) is 0 Å². The molecule has 0 saturated carbocycles. The van der Waals surface area contributed by atoms with E-state index < -0.39 is 11.9 Å². The first-order chi connectivity index (χ1) is 16.9. The number of allylic oxidation sites excluding steroid dienone is 2. The molecule has 0 amide bonds.